The molecule has 2 aliphatic carbocycles. The number of furan rings is 1. The Kier molecular flexibility index (Phi) is 11.4. The van der Waals surface area contributed by atoms with Gasteiger partial charge in [0.2, 0.25) is 0 Å². The van der Waals surface area contributed by atoms with Gasteiger partial charge in [-0.1, -0.05) is 210 Å². The standard InChI is InChI=1S/C79H72N2O/c1-75(2,3)51-26-35-55(36-27-51)80(56-37-28-52(29-38-56)76(4,5)6)59-34-25-49-46-66-69(47-50(49)45-59)79(67-22-16-13-19-61(67)62-20-14-17-23-68(62)79)73-63-44-43-60(48-65(63)74-72(71(66)73)64-21-15-18-24-70(64)82-74)81(57-39-30-53(31-40-57)77(7,8)9)58-41-32-54(33-42-58)78(10,11)12/h13-48H,1-12H3. The van der Waals surface area contributed by atoms with Crippen molar-refractivity contribution in [2.75, 3.05) is 9.80 Å². The topological polar surface area (TPSA) is 19.6 Å². The van der Waals surface area contributed by atoms with E-state index in [0.29, 0.717) is 0 Å². The van der Waals surface area contributed by atoms with Gasteiger partial charge in [-0.25, -0.2) is 0 Å². The molecule has 3 nitrogen and oxygen atoms in total. The zero-order valence-electron chi connectivity index (χ0n) is 49.6. The molecule has 404 valence electrons. The van der Waals surface area contributed by atoms with E-state index in [2.05, 4.69) is 311 Å². The summed E-state index contributed by atoms with van der Waals surface area (Å²) in [6, 6.07) is 83.2. The van der Waals surface area contributed by atoms with E-state index >= 15 is 0 Å². The molecular formula is C79H72N2O. The van der Waals surface area contributed by atoms with E-state index in [-0.39, 0.29) is 21.7 Å². The molecule has 0 amide bonds. The molecule has 0 N–H and O–H groups in total. The van der Waals surface area contributed by atoms with Gasteiger partial charge in [0.05, 0.1) is 5.41 Å². The minimum Gasteiger partial charge on any atom is -0.455 e. The van der Waals surface area contributed by atoms with Crippen molar-refractivity contribution in [3.8, 4) is 22.3 Å². The maximum atomic E-state index is 7.29. The number of rotatable bonds is 6. The molecule has 0 saturated carbocycles. The van der Waals surface area contributed by atoms with Crippen LogP contribution >= 0.6 is 0 Å². The lowest BCUT2D eigenvalue weighted by molar-refractivity contribution is 0.590. The number of benzene rings is 11. The molecular weight excluding hydrogens is 993 g/mol. The van der Waals surface area contributed by atoms with Crippen molar-refractivity contribution < 1.29 is 4.42 Å². The summed E-state index contributed by atoms with van der Waals surface area (Å²) in [5, 5.41) is 6.95. The quantitative estimate of drug-likeness (QED) is 0.165. The number of anilines is 6. The lowest BCUT2D eigenvalue weighted by Gasteiger charge is -2.32. The van der Waals surface area contributed by atoms with Crippen LogP contribution in [0.25, 0.3) is 65.7 Å². The molecule has 0 aliphatic heterocycles. The predicted octanol–water partition coefficient (Wildman–Crippen LogP) is 22.4. The van der Waals surface area contributed by atoms with Crippen LogP contribution in [-0.2, 0) is 27.1 Å². The molecule has 14 rings (SSSR count). The second-order valence-electron chi connectivity index (χ2n) is 27.4. The van der Waals surface area contributed by atoms with E-state index in [1.54, 1.807) is 0 Å². The highest BCUT2D eigenvalue weighted by molar-refractivity contribution is 6.26. The number of hydrogen-bond acceptors (Lipinski definition) is 3. The molecule has 11 aromatic carbocycles. The molecule has 1 heterocycles. The molecule has 12 aromatic rings. The fourth-order valence-corrected chi connectivity index (χ4v) is 13.7. The smallest absolute Gasteiger partial charge is 0.143 e. The van der Waals surface area contributed by atoms with Crippen molar-refractivity contribution in [1.82, 2.24) is 0 Å². The molecule has 1 spiro atoms. The Morgan fingerprint density at radius 1 is 0.317 bits per heavy atom. The van der Waals surface area contributed by atoms with Crippen molar-refractivity contribution in [2.24, 2.45) is 0 Å². The van der Waals surface area contributed by atoms with Crippen molar-refractivity contribution in [2.45, 2.75) is 110 Å². The van der Waals surface area contributed by atoms with Crippen LogP contribution in [-0.4, -0.2) is 0 Å². The summed E-state index contributed by atoms with van der Waals surface area (Å²) in [6.07, 6.45) is 0. The van der Waals surface area contributed by atoms with Crippen molar-refractivity contribution in [1.29, 1.82) is 0 Å². The summed E-state index contributed by atoms with van der Waals surface area (Å²) >= 11 is 0. The Morgan fingerprint density at radius 2 is 0.732 bits per heavy atom. The Hall–Kier alpha value is -8.66. The zero-order chi connectivity index (χ0) is 56.8. The highest BCUT2D eigenvalue weighted by Gasteiger charge is 2.53. The Bertz CT molecular complexity index is 4350. The first kappa shape index (κ1) is 51.5. The van der Waals surface area contributed by atoms with E-state index in [4.69, 9.17) is 4.42 Å². The summed E-state index contributed by atoms with van der Waals surface area (Å²) in [4.78, 5) is 4.86. The third-order valence-electron chi connectivity index (χ3n) is 18.1. The van der Waals surface area contributed by atoms with Gasteiger partial charge in [-0.3, -0.25) is 0 Å². The van der Waals surface area contributed by atoms with Crippen molar-refractivity contribution >= 4 is 77.6 Å². The lowest BCUT2D eigenvalue weighted by Crippen LogP contribution is -2.26. The van der Waals surface area contributed by atoms with Gasteiger partial charge in [0.15, 0.2) is 0 Å². The second kappa shape index (κ2) is 18.2. The first-order chi connectivity index (χ1) is 39.2. The van der Waals surface area contributed by atoms with Crippen molar-refractivity contribution in [3.63, 3.8) is 0 Å². The molecule has 0 saturated heterocycles. The molecule has 0 unspecified atom stereocenters. The van der Waals surface area contributed by atoms with Gasteiger partial charge in [0.1, 0.15) is 11.2 Å². The zero-order valence-corrected chi connectivity index (χ0v) is 49.6. The second-order valence-corrected chi connectivity index (χ2v) is 27.4. The summed E-state index contributed by atoms with van der Waals surface area (Å²) in [5.74, 6) is 0. The number of para-hydroxylation sites is 1. The molecule has 82 heavy (non-hydrogen) atoms. The van der Waals surface area contributed by atoms with Gasteiger partial charge in [-0.2, -0.15) is 0 Å². The Balaban J connectivity index is 1.05. The van der Waals surface area contributed by atoms with Crippen LogP contribution in [0.5, 0.6) is 0 Å². The van der Waals surface area contributed by atoms with Gasteiger partial charge >= 0.3 is 0 Å². The Morgan fingerprint density at radius 3 is 1.21 bits per heavy atom. The fraction of sp³-hybridized carbons (Fsp3) is 0.215. The molecule has 1 aromatic heterocycles. The SMILES string of the molecule is CC(C)(C)c1ccc(N(c2ccc(C(C)(C)C)cc2)c2ccc3cc4c(cc3c2)C2(c3ccccc3-c3ccccc32)c2c-4c3c4ccccc4oc3c3cc(N(c4ccc(C(C)(C)C)cc4)c4ccc(C(C)(C)C)cc4)ccc23)cc1. The summed E-state index contributed by atoms with van der Waals surface area (Å²) < 4.78 is 7.29. The number of fused-ring (bicyclic) bond motifs is 18. The van der Waals surface area contributed by atoms with Crippen LogP contribution in [0.2, 0.25) is 0 Å². The van der Waals surface area contributed by atoms with E-state index < -0.39 is 5.41 Å². The van der Waals surface area contributed by atoms with E-state index in [1.807, 2.05) is 0 Å². The molecule has 3 heteroatoms. The molecule has 0 atom stereocenters. The van der Waals surface area contributed by atoms with Crippen LogP contribution < -0.4 is 9.80 Å². The van der Waals surface area contributed by atoms with Gasteiger partial charge in [-0.05, 0) is 196 Å². The van der Waals surface area contributed by atoms with E-state index in [1.165, 1.54) is 82.9 Å². The third-order valence-corrected chi connectivity index (χ3v) is 18.1. The van der Waals surface area contributed by atoms with Gasteiger partial charge in [0, 0.05) is 50.3 Å². The summed E-state index contributed by atoms with van der Waals surface area (Å²) in [6.45, 7) is 27.4. The largest absolute Gasteiger partial charge is 0.455 e. The minimum atomic E-state index is -0.662. The number of nitrogens with zero attached hydrogens (tertiary/aromatic N) is 2. The molecule has 0 fully saturated rings. The van der Waals surface area contributed by atoms with E-state index in [9.17, 15) is 0 Å². The number of hydrogen-bond donors (Lipinski definition) is 0. The molecule has 0 bridgehead atoms. The fourth-order valence-electron chi connectivity index (χ4n) is 13.7. The maximum Gasteiger partial charge on any atom is 0.143 e. The predicted molar refractivity (Wildman–Crippen MR) is 349 cm³/mol. The average Bonchev–Trinajstić information content (AvgIpc) is 1.60. The average molecular weight is 1070 g/mol. The highest BCUT2D eigenvalue weighted by Crippen LogP contribution is 2.67. The van der Waals surface area contributed by atoms with Crippen LogP contribution in [0.4, 0.5) is 34.1 Å². The van der Waals surface area contributed by atoms with Crippen LogP contribution in [0.15, 0.2) is 223 Å². The first-order valence-corrected chi connectivity index (χ1v) is 29.4. The third kappa shape index (κ3) is 7.98. The maximum absolute atomic E-state index is 7.29. The van der Waals surface area contributed by atoms with Crippen LogP contribution in [0.1, 0.15) is 128 Å². The highest BCUT2D eigenvalue weighted by atomic mass is 16.3. The monoisotopic (exact) mass is 1060 g/mol. The van der Waals surface area contributed by atoms with Gasteiger partial charge in [0.25, 0.3) is 0 Å². The van der Waals surface area contributed by atoms with Crippen LogP contribution in [0, 0.1) is 0 Å². The van der Waals surface area contributed by atoms with E-state index in [0.717, 1.165) is 61.4 Å². The van der Waals surface area contributed by atoms with Gasteiger partial charge < -0.3 is 14.2 Å². The summed E-state index contributed by atoms with van der Waals surface area (Å²) in [7, 11) is 0. The first-order valence-electron chi connectivity index (χ1n) is 29.4. The normalized spacial score (nSPS) is 13.7. The van der Waals surface area contributed by atoms with Crippen LogP contribution in [0.3, 0.4) is 0 Å². The molecule has 2 aliphatic rings. The molecule has 0 radical (unpaired) electrons. The minimum absolute atomic E-state index is 0.0191. The van der Waals surface area contributed by atoms with Gasteiger partial charge in [-0.15, -0.1) is 0 Å². The summed E-state index contributed by atoms with van der Waals surface area (Å²) in [5.41, 5.74) is 23.4. The van der Waals surface area contributed by atoms with Crippen molar-refractivity contribution in [3.05, 3.63) is 263 Å². The Labute approximate surface area is 484 Å². The lowest BCUT2D eigenvalue weighted by atomic mass is 9.69.